The van der Waals surface area contributed by atoms with E-state index in [2.05, 4.69) is 6.92 Å². The topological polar surface area (TPSA) is 74.6 Å². The van der Waals surface area contributed by atoms with Crippen molar-refractivity contribution < 1.29 is 19.8 Å². The van der Waals surface area contributed by atoms with Gasteiger partial charge in [0.2, 0.25) is 0 Å². The van der Waals surface area contributed by atoms with Crippen molar-refractivity contribution in [3.05, 3.63) is 0 Å². The predicted octanol–water partition coefficient (Wildman–Crippen LogP) is 7.45. The van der Waals surface area contributed by atoms with Crippen molar-refractivity contribution in [2.75, 3.05) is 0 Å². The molecule has 1 fully saturated rings. The molecule has 4 nitrogen and oxygen atoms in total. The van der Waals surface area contributed by atoms with Crippen molar-refractivity contribution >= 4 is 11.9 Å². The van der Waals surface area contributed by atoms with Gasteiger partial charge in [-0.2, -0.15) is 0 Å². The molecule has 0 saturated heterocycles. The van der Waals surface area contributed by atoms with Crippen LogP contribution in [0.25, 0.3) is 0 Å². The Morgan fingerprint density at radius 3 is 1.34 bits per heavy atom. The molecule has 4 heteroatoms. The van der Waals surface area contributed by atoms with Crippen LogP contribution in [0.15, 0.2) is 0 Å². The fourth-order valence-corrected chi connectivity index (χ4v) is 4.83. The zero-order chi connectivity index (χ0) is 21.3. The van der Waals surface area contributed by atoms with E-state index in [0.29, 0.717) is 18.3 Å². The van der Waals surface area contributed by atoms with Gasteiger partial charge in [-0.3, -0.25) is 9.59 Å². The van der Waals surface area contributed by atoms with Crippen LogP contribution in [0.5, 0.6) is 0 Å². The zero-order valence-corrected chi connectivity index (χ0v) is 18.9. The van der Waals surface area contributed by atoms with Crippen LogP contribution in [0.3, 0.4) is 0 Å². The maximum Gasteiger partial charge on any atom is 0.307 e. The first-order chi connectivity index (χ1) is 14.1. The van der Waals surface area contributed by atoms with Crippen LogP contribution in [-0.2, 0) is 9.59 Å². The molecule has 1 rings (SSSR count). The first-order valence-corrected chi connectivity index (χ1v) is 12.5. The highest BCUT2D eigenvalue weighted by Gasteiger charge is 2.53. The van der Waals surface area contributed by atoms with E-state index in [9.17, 15) is 14.7 Å². The molecule has 0 spiro atoms. The van der Waals surface area contributed by atoms with Crippen LogP contribution < -0.4 is 0 Å². The van der Waals surface area contributed by atoms with Gasteiger partial charge < -0.3 is 10.2 Å². The van der Waals surface area contributed by atoms with E-state index in [1.54, 1.807) is 0 Å². The SMILES string of the molecule is CCCCCCCCCCCCCCCC1C(CCCCCC(=O)O)C1C(=O)O. The highest BCUT2D eigenvalue weighted by molar-refractivity contribution is 5.74. The molecule has 0 radical (unpaired) electrons. The summed E-state index contributed by atoms with van der Waals surface area (Å²) in [5, 5.41) is 18.1. The molecule has 1 saturated carbocycles. The number of carboxylic acid groups (broad SMARTS) is 2. The third-order valence-corrected chi connectivity index (χ3v) is 6.69. The van der Waals surface area contributed by atoms with Crippen molar-refractivity contribution in [3.8, 4) is 0 Å². The lowest BCUT2D eigenvalue weighted by Crippen LogP contribution is -2.01. The van der Waals surface area contributed by atoms with E-state index in [-0.39, 0.29) is 12.3 Å². The van der Waals surface area contributed by atoms with Gasteiger partial charge in [-0.05, 0) is 31.1 Å². The molecule has 0 aromatic heterocycles. The van der Waals surface area contributed by atoms with Crippen LogP contribution in [0.2, 0.25) is 0 Å². The first kappa shape index (κ1) is 26.0. The normalized spacial score (nSPS) is 20.7. The minimum Gasteiger partial charge on any atom is -0.481 e. The summed E-state index contributed by atoms with van der Waals surface area (Å²) in [7, 11) is 0. The quantitative estimate of drug-likeness (QED) is 0.193. The molecule has 1 aliphatic carbocycles. The fourth-order valence-electron chi connectivity index (χ4n) is 4.83. The van der Waals surface area contributed by atoms with Crippen molar-refractivity contribution in [2.24, 2.45) is 17.8 Å². The smallest absolute Gasteiger partial charge is 0.307 e. The molecule has 29 heavy (non-hydrogen) atoms. The van der Waals surface area contributed by atoms with Gasteiger partial charge in [0.05, 0.1) is 5.92 Å². The maximum absolute atomic E-state index is 11.4. The Morgan fingerprint density at radius 1 is 0.586 bits per heavy atom. The standard InChI is InChI=1S/C25H46O4/c1-2-3-4-5-6-7-8-9-10-11-12-13-15-18-21-22(24(21)25(28)29)19-16-14-17-20-23(26)27/h21-22,24H,2-20H2,1H3,(H,26,27)(H,28,29). The van der Waals surface area contributed by atoms with E-state index in [4.69, 9.17) is 5.11 Å². The van der Waals surface area contributed by atoms with Crippen molar-refractivity contribution in [1.29, 1.82) is 0 Å². The Bertz CT molecular complexity index is 435. The Kier molecular flexibility index (Phi) is 15.0. The summed E-state index contributed by atoms with van der Waals surface area (Å²) >= 11 is 0. The van der Waals surface area contributed by atoms with E-state index in [1.807, 2.05) is 0 Å². The van der Waals surface area contributed by atoms with Gasteiger partial charge in [-0.25, -0.2) is 0 Å². The molecule has 0 heterocycles. The molecular weight excluding hydrogens is 364 g/mol. The molecule has 0 bridgehead atoms. The number of unbranched alkanes of at least 4 members (excludes halogenated alkanes) is 14. The molecule has 1 aliphatic rings. The first-order valence-electron chi connectivity index (χ1n) is 12.5. The van der Waals surface area contributed by atoms with Gasteiger partial charge in [0.25, 0.3) is 0 Å². The van der Waals surface area contributed by atoms with Crippen LogP contribution in [-0.4, -0.2) is 22.2 Å². The molecule has 170 valence electrons. The van der Waals surface area contributed by atoms with Gasteiger partial charge in [-0.1, -0.05) is 103 Å². The van der Waals surface area contributed by atoms with Crippen molar-refractivity contribution in [2.45, 2.75) is 129 Å². The molecule has 0 amide bonds. The second-order valence-corrected chi connectivity index (χ2v) is 9.22. The van der Waals surface area contributed by atoms with Gasteiger partial charge >= 0.3 is 11.9 Å². The molecule has 0 aromatic rings. The Morgan fingerprint density at radius 2 is 0.966 bits per heavy atom. The molecule has 2 N–H and O–H groups in total. The summed E-state index contributed by atoms with van der Waals surface area (Å²) in [5.74, 6) is -0.776. The molecule has 3 atom stereocenters. The number of hydrogen-bond acceptors (Lipinski definition) is 2. The van der Waals surface area contributed by atoms with Gasteiger partial charge in [0.15, 0.2) is 0 Å². The number of hydrogen-bond donors (Lipinski definition) is 2. The van der Waals surface area contributed by atoms with E-state index >= 15 is 0 Å². The van der Waals surface area contributed by atoms with Crippen LogP contribution in [0.4, 0.5) is 0 Å². The summed E-state index contributed by atoms with van der Waals surface area (Å²) in [4.78, 5) is 21.9. The maximum atomic E-state index is 11.4. The summed E-state index contributed by atoms with van der Waals surface area (Å²) in [6.45, 7) is 2.26. The van der Waals surface area contributed by atoms with E-state index in [1.165, 1.54) is 83.5 Å². The monoisotopic (exact) mass is 410 g/mol. The Labute approximate surface area is 178 Å². The third kappa shape index (κ3) is 13.0. The zero-order valence-electron chi connectivity index (χ0n) is 18.9. The molecule has 3 unspecified atom stereocenters. The van der Waals surface area contributed by atoms with E-state index < -0.39 is 11.9 Å². The lowest BCUT2D eigenvalue weighted by atomic mass is 10.0. The Balaban J connectivity index is 1.93. The summed E-state index contributed by atoms with van der Waals surface area (Å²) in [5.41, 5.74) is 0. The highest BCUT2D eigenvalue weighted by Crippen LogP contribution is 2.52. The Hall–Kier alpha value is -1.06. The summed E-state index contributed by atoms with van der Waals surface area (Å²) in [6.07, 6.45) is 22.3. The highest BCUT2D eigenvalue weighted by atomic mass is 16.4. The van der Waals surface area contributed by atoms with Crippen LogP contribution in [0.1, 0.15) is 129 Å². The van der Waals surface area contributed by atoms with E-state index in [0.717, 1.165) is 25.7 Å². The number of aliphatic carboxylic acids is 2. The average molecular weight is 411 g/mol. The number of carboxylic acids is 2. The minimum absolute atomic E-state index is 0.133. The van der Waals surface area contributed by atoms with Crippen molar-refractivity contribution in [3.63, 3.8) is 0 Å². The van der Waals surface area contributed by atoms with Crippen molar-refractivity contribution in [1.82, 2.24) is 0 Å². The minimum atomic E-state index is -0.736. The lowest BCUT2D eigenvalue weighted by molar-refractivity contribution is -0.139. The second kappa shape index (κ2) is 16.7. The van der Waals surface area contributed by atoms with Gasteiger partial charge in [0.1, 0.15) is 0 Å². The second-order valence-electron chi connectivity index (χ2n) is 9.22. The molecular formula is C25H46O4. The van der Waals surface area contributed by atoms with Gasteiger partial charge in [0, 0.05) is 6.42 Å². The lowest BCUT2D eigenvalue weighted by Gasteiger charge is -2.03. The number of carbonyl (C=O) groups is 2. The summed E-state index contributed by atoms with van der Waals surface area (Å²) in [6, 6.07) is 0. The van der Waals surface area contributed by atoms with Gasteiger partial charge in [-0.15, -0.1) is 0 Å². The largest absolute Gasteiger partial charge is 0.481 e. The van der Waals surface area contributed by atoms with Crippen LogP contribution >= 0.6 is 0 Å². The third-order valence-electron chi connectivity index (χ3n) is 6.69. The molecule has 0 aliphatic heterocycles. The average Bonchev–Trinajstić information content (AvgIpc) is 3.38. The summed E-state index contributed by atoms with van der Waals surface area (Å²) < 4.78 is 0. The van der Waals surface area contributed by atoms with Crippen LogP contribution in [0, 0.1) is 17.8 Å². The number of rotatable bonds is 21. The molecule has 0 aromatic carbocycles. The fraction of sp³-hybridized carbons (Fsp3) is 0.920. The predicted molar refractivity (Wildman–Crippen MR) is 119 cm³/mol.